The van der Waals surface area contributed by atoms with Crippen molar-refractivity contribution in [3.05, 3.63) is 71.7 Å². The summed E-state index contributed by atoms with van der Waals surface area (Å²) in [6, 6.07) is 10.1. The first-order valence-corrected chi connectivity index (χ1v) is 8.99. The molecule has 27 heavy (non-hydrogen) atoms. The zero-order chi connectivity index (χ0) is 19.6. The lowest BCUT2D eigenvalue weighted by Crippen LogP contribution is -2.26. The molecule has 8 nitrogen and oxygen atoms in total. The lowest BCUT2D eigenvalue weighted by molar-refractivity contribution is -0.115. The summed E-state index contributed by atoms with van der Waals surface area (Å²) >= 11 is 0. The molecule has 10 heteroatoms. The molecular weight excluding hydrogens is 375 g/mol. The van der Waals surface area contributed by atoms with E-state index in [4.69, 9.17) is 5.73 Å². The maximum Gasteiger partial charge on any atom is 0.285 e. The molecule has 0 unspecified atom stereocenters. The van der Waals surface area contributed by atoms with E-state index in [2.05, 4.69) is 15.0 Å². The quantitative estimate of drug-likeness (QED) is 0.406. The van der Waals surface area contributed by atoms with Crippen molar-refractivity contribution in [2.45, 2.75) is 4.90 Å². The number of ketones is 1. The van der Waals surface area contributed by atoms with Gasteiger partial charge in [0.2, 0.25) is 5.96 Å². The average Bonchev–Trinajstić information content (AvgIpc) is 2.94. The summed E-state index contributed by atoms with van der Waals surface area (Å²) in [4.78, 5) is 23.9. The predicted molar refractivity (Wildman–Crippen MR) is 95.6 cm³/mol. The van der Waals surface area contributed by atoms with Crippen LogP contribution < -0.4 is 16.4 Å². The molecule has 0 spiro atoms. The van der Waals surface area contributed by atoms with Gasteiger partial charge in [-0.15, -0.1) is 4.40 Å². The van der Waals surface area contributed by atoms with Gasteiger partial charge in [-0.1, -0.05) is 0 Å². The van der Waals surface area contributed by atoms with E-state index < -0.39 is 27.5 Å². The number of hydrogen-bond donors (Lipinski definition) is 3. The van der Waals surface area contributed by atoms with Gasteiger partial charge in [0.1, 0.15) is 11.5 Å². The smallest absolute Gasteiger partial charge is 0.285 e. The van der Waals surface area contributed by atoms with E-state index in [1.54, 1.807) is 0 Å². The highest BCUT2D eigenvalue weighted by Gasteiger charge is 2.25. The monoisotopic (exact) mass is 388 g/mol. The topological polar surface area (TPSA) is 131 Å². The summed E-state index contributed by atoms with van der Waals surface area (Å²) in [5, 5.41) is 4.66. The van der Waals surface area contributed by atoms with Gasteiger partial charge in [-0.05, 0) is 48.5 Å². The van der Waals surface area contributed by atoms with Crippen LogP contribution in [0.3, 0.4) is 0 Å². The number of nitrogen functional groups attached to an aromatic ring is 1. The summed E-state index contributed by atoms with van der Waals surface area (Å²) < 4.78 is 40.9. The van der Waals surface area contributed by atoms with Gasteiger partial charge >= 0.3 is 0 Å². The normalized spacial score (nSPS) is 17.0. The Morgan fingerprint density at radius 1 is 1.04 bits per heavy atom. The Balaban J connectivity index is 1.82. The Labute approximate surface area is 153 Å². The van der Waals surface area contributed by atoms with Crippen LogP contribution in [0.4, 0.5) is 10.1 Å². The van der Waals surface area contributed by atoms with Crippen LogP contribution in [0.5, 0.6) is 0 Å². The van der Waals surface area contributed by atoms with Crippen LogP contribution in [0.15, 0.2) is 69.6 Å². The predicted octanol–water partition coefficient (Wildman–Crippen LogP) is 0.939. The number of benzene rings is 2. The van der Waals surface area contributed by atoms with Gasteiger partial charge in [0.15, 0.2) is 5.78 Å². The van der Waals surface area contributed by atoms with Crippen LogP contribution in [0, 0.1) is 5.82 Å². The number of nitrogens with zero attached hydrogens (tertiary/aromatic N) is 1. The Kier molecular flexibility index (Phi) is 4.74. The lowest BCUT2D eigenvalue weighted by atomic mass is 10.1. The van der Waals surface area contributed by atoms with E-state index in [0.717, 1.165) is 18.2 Å². The molecule has 0 aliphatic carbocycles. The van der Waals surface area contributed by atoms with E-state index in [1.807, 2.05) is 0 Å². The molecule has 0 radical (unpaired) electrons. The van der Waals surface area contributed by atoms with Gasteiger partial charge in [0.05, 0.1) is 4.90 Å². The first kappa shape index (κ1) is 18.3. The zero-order valence-corrected chi connectivity index (χ0v) is 14.5. The van der Waals surface area contributed by atoms with Gasteiger partial charge in [-0.3, -0.25) is 14.9 Å². The van der Waals surface area contributed by atoms with E-state index in [-0.39, 0.29) is 22.1 Å². The van der Waals surface area contributed by atoms with Crippen LogP contribution in [-0.2, 0) is 14.8 Å². The number of rotatable bonds is 4. The molecule has 0 bridgehead atoms. The number of halogens is 1. The number of guanidine groups is 1. The molecule has 1 fully saturated rings. The van der Waals surface area contributed by atoms with Crippen molar-refractivity contribution in [1.29, 1.82) is 0 Å². The van der Waals surface area contributed by atoms with Crippen LogP contribution in [0.2, 0.25) is 0 Å². The van der Waals surface area contributed by atoms with Crippen molar-refractivity contribution in [3.63, 3.8) is 0 Å². The first-order valence-electron chi connectivity index (χ1n) is 7.55. The van der Waals surface area contributed by atoms with E-state index in [1.165, 1.54) is 36.4 Å². The van der Waals surface area contributed by atoms with Crippen molar-refractivity contribution in [2.24, 2.45) is 4.40 Å². The standard InChI is InChI=1S/C17H13FN4O4S/c18-11-3-1-10(2-4-11)15(23)9-14-16(24)21-17(20-14)22-27(25,26)13-7-5-12(19)6-8-13/h1-9H,19H2,(H2,20,21,22,24)/b14-9-. The molecule has 1 amide bonds. The van der Waals surface area contributed by atoms with Crippen molar-refractivity contribution in [3.8, 4) is 0 Å². The van der Waals surface area contributed by atoms with E-state index in [9.17, 15) is 22.4 Å². The number of hydrogen-bond acceptors (Lipinski definition) is 5. The number of allylic oxidation sites excluding steroid dienone is 1. The number of anilines is 1. The zero-order valence-electron chi connectivity index (χ0n) is 13.6. The maximum absolute atomic E-state index is 12.9. The highest BCUT2D eigenvalue weighted by Crippen LogP contribution is 2.15. The molecule has 1 aliphatic rings. The van der Waals surface area contributed by atoms with Crippen molar-refractivity contribution in [2.75, 3.05) is 5.73 Å². The van der Waals surface area contributed by atoms with Crippen molar-refractivity contribution < 1.29 is 22.4 Å². The van der Waals surface area contributed by atoms with E-state index >= 15 is 0 Å². The SMILES string of the molecule is Nc1ccc(S(=O)(=O)N=C2NC(=O)/C(=C/C(=O)c3ccc(F)cc3)N2)cc1. The maximum atomic E-state index is 12.9. The summed E-state index contributed by atoms with van der Waals surface area (Å²) in [7, 11) is -4.09. The van der Waals surface area contributed by atoms with Crippen LogP contribution >= 0.6 is 0 Å². The molecule has 138 valence electrons. The van der Waals surface area contributed by atoms with Crippen molar-refractivity contribution >= 4 is 33.4 Å². The second kappa shape index (κ2) is 7.00. The number of carbonyl (C=O) groups is 2. The van der Waals surface area contributed by atoms with Crippen LogP contribution in [0.25, 0.3) is 0 Å². The minimum atomic E-state index is -4.09. The first-order chi connectivity index (χ1) is 12.7. The lowest BCUT2D eigenvalue weighted by Gasteiger charge is -2.01. The molecule has 2 aromatic carbocycles. The average molecular weight is 388 g/mol. The number of amides is 1. The van der Waals surface area contributed by atoms with Crippen molar-refractivity contribution in [1.82, 2.24) is 10.6 Å². The molecule has 1 aliphatic heterocycles. The molecule has 0 atom stereocenters. The van der Waals surface area contributed by atoms with Crippen LogP contribution in [0.1, 0.15) is 10.4 Å². The number of nitrogens with two attached hydrogens (primary N) is 1. The second-order valence-corrected chi connectivity index (χ2v) is 7.10. The molecule has 1 heterocycles. The molecular formula is C17H13FN4O4S. The minimum absolute atomic E-state index is 0.111. The summed E-state index contributed by atoms with van der Waals surface area (Å²) in [6.07, 6.45) is 0.973. The summed E-state index contributed by atoms with van der Waals surface area (Å²) in [6.45, 7) is 0. The van der Waals surface area contributed by atoms with Crippen LogP contribution in [-0.4, -0.2) is 26.1 Å². The number of carbonyl (C=O) groups excluding carboxylic acids is 2. The van der Waals surface area contributed by atoms with Gasteiger partial charge in [0, 0.05) is 17.3 Å². The second-order valence-electron chi connectivity index (χ2n) is 5.49. The van der Waals surface area contributed by atoms with Gasteiger partial charge in [-0.25, -0.2) is 4.39 Å². The third-order valence-electron chi connectivity index (χ3n) is 3.52. The Hall–Kier alpha value is -3.53. The fourth-order valence-corrected chi connectivity index (χ4v) is 3.10. The highest BCUT2D eigenvalue weighted by atomic mass is 32.2. The molecule has 2 aromatic rings. The fraction of sp³-hybridized carbons (Fsp3) is 0. The Morgan fingerprint density at radius 3 is 2.30 bits per heavy atom. The Morgan fingerprint density at radius 2 is 1.67 bits per heavy atom. The fourth-order valence-electron chi connectivity index (χ4n) is 2.18. The van der Waals surface area contributed by atoms with E-state index in [0.29, 0.717) is 5.69 Å². The number of sulfonamides is 1. The third kappa shape index (κ3) is 4.18. The Bertz CT molecular complexity index is 1070. The highest BCUT2D eigenvalue weighted by molar-refractivity contribution is 7.90. The largest absolute Gasteiger partial charge is 0.399 e. The van der Waals surface area contributed by atoms with Gasteiger partial charge in [-0.2, -0.15) is 8.42 Å². The van der Waals surface area contributed by atoms with Gasteiger partial charge < -0.3 is 11.1 Å². The molecule has 0 aromatic heterocycles. The summed E-state index contributed by atoms with van der Waals surface area (Å²) in [5.41, 5.74) is 5.88. The molecule has 0 saturated carbocycles. The molecule has 4 N–H and O–H groups in total. The third-order valence-corrected chi connectivity index (χ3v) is 4.81. The number of nitrogens with one attached hydrogen (secondary N) is 2. The minimum Gasteiger partial charge on any atom is -0.399 e. The summed E-state index contributed by atoms with van der Waals surface area (Å²) in [5.74, 6) is -2.12. The molecule has 1 saturated heterocycles. The molecule has 3 rings (SSSR count). The van der Waals surface area contributed by atoms with Gasteiger partial charge in [0.25, 0.3) is 15.9 Å².